The summed E-state index contributed by atoms with van der Waals surface area (Å²) in [7, 11) is -1.67. The second-order valence-corrected chi connectivity index (χ2v) is 5.38. The molecule has 16 heavy (non-hydrogen) atoms. The van der Waals surface area contributed by atoms with E-state index in [-0.39, 0.29) is 4.90 Å². The third-order valence-corrected chi connectivity index (χ3v) is 3.28. The Labute approximate surface area is 95.0 Å². The highest BCUT2D eigenvalue weighted by Crippen LogP contribution is 2.22. The molecule has 0 aromatic heterocycles. The van der Waals surface area contributed by atoms with E-state index in [9.17, 15) is 8.42 Å². The molecule has 0 fully saturated rings. The van der Waals surface area contributed by atoms with Crippen molar-refractivity contribution in [1.82, 2.24) is 0 Å². The minimum Gasteiger partial charge on any atom is -0.496 e. The fourth-order valence-electron chi connectivity index (χ4n) is 1.35. The number of benzene rings is 1. The topological polar surface area (TPSA) is 78.6 Å². The number of hydrogen-bond acceptors (Lipinski definition) is 5. The van der Waals surface area contributed by atoms with Crippen LogP contribution < -0.4 is 10.6 Å². The zero-order valence-electron chi connectivity index (χ0n) is 9.26. The summed E-state index contributed by atoms with van der Waals surface area (Å²) in [5.41, 5.74) is 0.760. The highest BCUT2D eigenvalue weighted by Gasteiger charge is 2.11. The van der Waals surface area contributed by atoms with Gasteiger partial charge in [-0.05, 0) is 23.8 Å². The van der Waals surface area contributed by atoms with Crippen molar-refractivity contribution in [3.05, 3.63) is 23.8 Å². The van der Waals surface area contributed by atoms with Crippen LogP contribution in [0.25, 0.3) is 0 Å². The number of sulfone groups is 1. The van der Waals surface area contributed by atoms with Crippen LogP contribution in [-0.4, -0.2) is 28.4 Å². The van der Waals surface area contributed by atoms with Crippen LogP contribution >= 0.6 is 0 Å². The van der Waals surface area contributed by atoms with Crippen LogP contribution in [0, 0.1) is 0 Å². The Balaban J connectivity index is 3.11. The quantitative estimate of drug-likeness (QED) is 0.766. The van der Waals surface area contributed by atoms with E-state index >= 15 is 0 Å². The first-order valence-corrected chi connectivity index (χ1v) is 6.57. The first-order chi connectivity index (χ1) is 7.49. The van der Waals surface area contributed by atoms with Gasteiger partial charge in [-0.3, -0.25) is 0 Å². The van der Waals surface area contributed by atoms with E-state index < -0.39 is 9.84 Å². The van der Waals surface area contributed by atoms with E-state index in [0.717, 1.165) is 11.8 Å². The van der Waals surface area contributed by atoms with Crippen LogP contribution in [0.3, 0.4) is 0 Å². The van der Waals surface area contributed by atoms with Crippen molar-refractivity contribution >= 4 is 9.84 Å². The summed E-state index contributed by atoms with van der Waals surface area (Å²) in [5, 5.41) is 0. The molecule has 0 bridgehead atoms. The van der Waals surface area contributed by atoms with E-state index in [1.807, 2.05) is 0 Å². The minimum atomic E-state index is -3.20. The van der Waals surface area contributed by atoms with Crippen LogP contribution in [0.4, 0.5) is 0 Å². The summed E-state index contributed by atoms with van der Waals surface area (Å²) in [6.45, 7) is 0.309. The molecule has 0 unspecified atom stereocenters. The van der Waals surface area contributed by atoms with Crippen molar-refractivity contribution in [3.8, 4) is 5.75 Å². The smallest absolute Gasteiger partial charge is 0.175 e. The van der Waals surface area contributed by atoms with Gasteiger partial charge in [0.1, 0.15) is 5.75 Å². The number of rotatable bonds is 5. The summed E-state index contributed by atoms with van der Waals surface area (Å²) >= 11 is 0. The average molecular weight is 245 g/mol. The van der Waals surface area contributed by atoms with Gasteiger partial charge in [0.15, 0.2) is 9.84 Å². The van der Waals surface area contributed by atoms with Crippen LogP contribution in [0.1, 0.15) is 5.56 Å². The molecule has 1 aromatic carbocycles. The summed E-state index contributed by atoms with van der Waals surface area (Å²) < 4.78 is 27.8. The fraction of sp³-hybridized carbons (Fsp3) is 0.400. The van der Waals surface area contributed by atoms with Gasteiger partial charge in [-0.1, -0.05) is 0 Å². The molecule has 0 saturated heterocycles. The van der Waals surface area contributed by atoms with Crippen molar-refractivity contribution < 1.29 is 18.0 Å². The van der Waals surface area contributed by atoms with Gasteiger partial charge in [0, 0.05) is 12.7 Å². The largest absolute Gasteiger partial charge is 0.496 e. The SMILES string of the molecule is COc1ccc(S(C)(=O)=O)cc1CCON. The lowest BCUT2D eigenvalue weighted by molar-refractivity contribution is 0.140. The Kier molecular flexibility index (Phi) is 4.28. The molecule has 0 spiro atoms. The lowest BCUT2D eigenvalue weighted by atomic mass is 10.1. The predicted octanol–water partition coefficient (Wildman–Crippen LogP) is 0.532. The van der Waals surface area contributed by atoms with Crippen molar-refractivity contribution in [3.63, 3.8) is 0 Å². The molecule has 0 heterocycles. The number of ether oxygens (including phenoxy) is 1. The van der Waals surface area contributed by atoms with Gasteiger partial charge in [0.25, 0.3) is 0 Å². The van der Waals surface area contributed by atoms with Crippen LogP contribution in [0.5, 0.6) is 5.75 Å². The Morgan fingerprint density at radius 2 is 2.06 bits per heavy atom. The molecule has 0 amide bonds. The van der Waals surface area contributed by atoms with Gasteiger partial charge in [0.05, 0.1) is 18.6 Å². The highest BCUT2D eigenvalue weighted by molar-refractivity contribution is 7.90. The molecular weight excluding hydrogens is 230 g/mol. The first kappa shape index (κ1) is 13.0. The third kappa shape index (κ3) is 3.19. The van der Waals surface area contributed by atoms with Gasteiger partial charge < -0.3 is 9.57 Å². The van der Waals surface area contributed by atoms with Crippen molar-refractivity contribution in [2.45, 2.75) is 11.3 Å². The fourth-order valence-corrected chi connectivity index (χ4v) is 2.02. The molecule has 0 saturated carbocycles. The Bertz CT molecular complexity index is 456. The van der Waals surface area contributed by atoms with Crippen molar-refractivity contribution in [2.24, 2.45) is 5.90 Å². The number of hydrogen-bond donors (Lipinski definition) is 1. The molecule has 0 atom stereocenters. The van der Waals surface area contributed by atoms with Crippen molar-refractivity contribution in [2.75, 3.05) is 20.0 Å². The van der Waals surface area contributed by atoms with Crippen LogP contribution in [-0.2, 0) is 21.1 Å². The lowest BCUT2D eigenvalue weighted by Gasteiger charge is -2.09. The third-order valence-electron chi connectivity index (χ3n) is 2.17. The van der Waals surface area contributed by atoms with E-state index in [4.69, 9.17) is 10.6 Å². The Morgan fingerprint density at radius 1 is 1.38 bits per heavy atom. The molecular formula is C10H15NO4S. The lowest BCUT2D eigenvalue weighted by Crippen LogP contribution is -2.06. The van der Waals surface area contributed by atoms with Gasteiger partial charge in [-0.15, -0.1) is 0 Å². The molecule has 0 aliphatic carbocycles. The maximum atomic E-state index is 11.4. The molecule has 0 aliphatic rings. The number of methoxy groups -OCH3 is 1. The van der Waals surface area contributed by atoms with E-state index in [1.54, 1.807) is 12.1 Å². The maximum Gasteiger partial charge on any atom is 0.175 e. The molecule has 90 valence electrons. The second-order valence-electron chi connectivity index (χ2n) is 3.37. The molecule has 5 nitrogen and oxygen atoms in total. The molecule has 6 heteroatoms. The van der Waals surface area contributed by atoms with Crippen molar-refractivity contribution in [1.29, 1.82) is 0 Å². The summed E-state index contributed by atoms with van der Waals surface area (Å²) in [4.78, 5) is 4.73. The van der Waals surface area contributed by atoms with Crippen LogP contribution in [0.15, 0.2) is 23.1 Å². The van der Waals surface area contributed by atoms with Gasteiger partial charge in [-0.2, -0.15) is 0 Å². The van der Waals surface area contributed by atoms with Gasteiger partial charge in [-0.25, -0.2) is 14.3 Å². The van der Waals surface area contributed by atoms with E-state index in [1.165, 1.54) is 13.2 Å². The molecule has 1 aromatic rings. The summed E-state index contributed by atoms with van der Waals surface area (Å²) in [6, 6.07) is 4.72. The highest BCUT2D eigenvalue weighted by atomic mass is 32.2. The zero-order valence-corrected chi connectivity index (χ0v) is 10.1. The summed E-state index contributed by atoms with van der Waals surface area (Å²) in [5.74, 6) is 5.56. The van der Waals surface area contributed by atoms with Gasteiger partial charge >= 0.3 is 0 Å². The Hall–Kier alpha value is -1.11. The van der Waals surface area contributed by atoms with Gasteiger partial charge in [0.2, 0.25) is 0 Å². The summed E-state index contributed by atoms with van der Waals surface area (Å²) in [6.07, 6.45) is 1.67. The molecule has 2 N–H and O–H groups in total. The monoisotopic (exact) mass is 245 g/mol. The second kappa shape index (κ2) is 5.29. The average Bonchev–Trinajstić information content (AvgIpc) is 2.24. The zero-order chi connectivity index (χ0) is 12.2. The predicted molar refractivity (Wildman–Crippen MR) is 59.9 cm³/mol. The Morgan fingerprint density at radius 3 is 2.56 bits per heavy atom. The molecule has 1 rings (SSSR count). The van der Waals surface area contributed by atoms with E-state index in [0.29, 0.717) is 18.8 Å². The normalized spacial score (nSPS) is 11.4. The molecule has 0 radical (unpaired) electrons. The first-order valence-electron chi connectivity index (χ1n) is 4.67. The molecule has 0 aliphatic heterocycles. The number of nitrogens with two attached hydrogens (primary N) is 1. The maximum absolute atomic E-state index is 11.4. The van der Waals surface area contributed by atoms with Crippen LogP contribution in [0.2, 0.25) is 0 Å². The van der Waals surface area contributed by atoms with E-state index in [2.05, 4.69) is 4.84 Å². The minimum absolute atomic E-state index is 0.264. The standard InChI is InChI=1S/C10H15NO4S/c1-14-10-4-3-9(16(2,12)13)7-8(10)5-6-15-11/h3-4,7H,5-6,11H2,1-2H3.